The van der Waals surface area contributed by atoms with Crippen LogP contribution in [0.15, 0.2) is 41.3 Å². The summed E-state index contributed by atoms with van der Waals surface area (Å²) in [6.07, 6.45) is 0.875. The van der Waals surface area contributed by atoms with Crippen molar-refractivity contribution in [1.29, 1.82) is 0 Å². The van der Waals surface area contributed by atoms with Gasteiger partial charge in [-0.15, -0.1) is 0 Å². The van der Waals surface area contributed by atoms with E-state index in [2.05, 4.69) is 63.9 Å². The molecule has 0 spiro atoms. The fraction of sp³-hybridized carbons (Fsp3) is 0.345. The van der Waals surface area contributed by atoms with Gasteiger partial charge in [-0.3, -0.25) is 19.1 Å². The van der Waals surface area contributed by atoms with E-state index in [1.165, 1.54) is 29.5 Å². The number of hydrogen-bond acceptors (Lipinski definition) is 7. The van der Waals surface area contributed by atoms with Gasteiger partial charge >= 0.3 is 0 Å². The zero-order valence-electron chi connectivity index (χ0n) is 23.6. The first-order valence-corrected chi connectivity index (χ1v) is 15.4. The lowest BCUT2D eigenvalue weighted by atomic mass is 10.0. The summed E-state index contributed by atoms with van der Waals surface area (Å²) in [6, 6.07) is 5.97. The number of Topliss-reactive ketones (excluding diaryl/α,β-unsaturated/α-hetero) is 1. The number of carbonyl (C=O) groups is 3. The Labute approximate surface area is 267 Å². The summed E-state index contributed by atoms with van der Waals surface area (Å²) < 4.78 is 29.1. The topological polar surface area (TPSA) is 123 Å². The number of carbonyl (C=O) groups excluding carboxylic acids is 3. The number of nitrogens with one attached hydrogen (secondary N) is 1. The third-order valence-electron chi connectivity index (χ3n) is 7.43. The molecule has 14 heteroatoms. The molecule has 0 unspecified atom stereocenters. The van der Waals surface area contributed by atoms with Crippen LogP contribution in [0.3, 0.4) is 0 Å². The second-order valence-corrected chi connectivity index (χ2v) is 12.6. The molecule has 43 heavy (non-hydrogen) atoms. The number of nitrogens with zero attached hydrogens (tertiary/aromatic N) is 6. The van der Waals surface area contributed by atoms with Crippen molar-refractivity contribution in [3.63, 3.8) is 0 Å². The van der Waals surface area contributed by atoms with E-state index >= 15 is 0 Å². The number of anilines is 1. The molecular formula is C29H27BrF2IN7O3. The monoisotopic (exact) mass is 765 g/mol. The Morgan fingerprint density at radius 3 is 2.49 bits per heavy atom. The van der Waals surface area contributed by atoms with Gasteiger partial charge < -0.3 is 10.2 Å². The number of amides is 2. The summed E-state index contributed by atoms with van der Waals surface area (Å²) in [6.45, 7) is 6.40. The van der Waals surface area contributed by atoms with Gasteiger partial charge in [-0.1, -0.05) is 35.6 Å². The highest BCUT2D eigenvalue weighted by Crippen LogP contribution is 2.36. The summed E-state index contributed by atoms with van der Waals surface area (Å²) in [5.74, 6) is -0.928. The van der Waals surface area contributed by atoms with Crippen LogP contribution >= 0.6 is 38.5 Å². The van der Waals surface area contributed by atoms with Gasteiger partial charge in [0.15, 0.2) is 5.78 Å². The number of aromatic nitrogens is 5. The predicted octanol–water partition coefficient (Wildman–Crippen LogP) is 6.04. The Bertz CT molecular complexity index is 1750. The number of aryl methyl sites for hydroxylation is 2. The molecule has 3 atom stereocenters. The van der Waals surface area contributed by atoms with E-state index in [1.54, 1.807) is 25.4 Å². The number of pyridine rings is 1. The van der Waals surface area contributed by atoms with E-state index in [0.717, 1.165) is 11.1 Å². The third kappa shape index (κ3) is 6.16. The molecule has 0 bridgehead atoms. The lowest BCUT2D eigenvalue weighted by molar-refractivity contribution is -0.137. The average Bonchev–Trinajstić information content (AvgIpc) is 3.45. The van der Waals surface area contributed by atoms with E-state index in [9.17, 15) is 23.2 Å². The molecule has 1 N–H and O–H groups in total. The summed E-state index contributed by atoms with van der Waals surface area (Å²) >= 11 is 5.32. The molecule has 1 saturated heterocycles. The van der Waals surface area contributed by atoms with Crippen molar-refractivity contribution in [3.8, 4) is 11.1 Å². The quantitative estimate of drug-likeness (QED) is 0.0800. The van der Waals surface area contributed by atoms with Crippen molar-refractivity contribution in [2.75, 3.05) is 5.32 Å². The summed E-state index contributed by atoms with van der Waals surface area (Å²) in [4.78, 5) is 53.8. The fourth-order valence-corrected chi connectivity index (χ4v) is 6.79. The number of halogens is 4. The number of fused-ring (bicyclic) bond motifs is 1. The number of rotatable bonds is 7. The average molecular weight is 766 g/mol. The Morgan fingerprint density at radius 2 is 1.84 bits per heavy atom. The molecule has 0 aliphatic carbocycles. The van der Waals surface area contributed by atoms with Crippen LogP contribution in [0.2, 0.25) is 0 Å². The number of alkyl halides is 3. The molecule has 10 nitrogen and oxygen atoms in total. The standard InChI is InChI=1S/C29H27BrF2IN7O3/c1-13-8-22(30)36-28(24(13)26(31)32)37-29(43)21-7-14(2)27(33)40(21)23(42)12-39-20-6-5-17(18-10-34-16(4)35-11-18)9-19(20)25(38-39)15(3)41/h5-6,8-11,14,21,26-27H,7,12H2,1-4H3,(H,36,37,43)/t14-,21-,27-/m0/s1. The normalized spacial score (nSPS) is 18.4. The Morgan fingerprint density at radius 1 is 1.14 bits per heavy atom. The first-order chi connectivity index (χ1) is 20.3. The third-order valence-corrected chi connectivity index (χ3v) is 9.67. The number of benzene rings is 1. The van der Waals surface area contributed by atoms with Crippen molar-refractivity contribution in [1.82, 2.24) is 29.6 Å². The van der Waals surface area contributed by atoms with Crippen molar-refractivity contribution >= 4 is 72.8 Å². The largest absolute Gasteiger partial charge is 0.317 e. The second-order valence-electron chi connectivity index (χ2n) is 10.5. The second kappa shape index (κ2) is 12.3. The number of hydrogen-bond donors (Lipinski definition) is 1. The van der Waals surface area contributed by atoms with Gasteiger partial charge in [-0.2, -0.15) is 5.10 Å². The highest BCUT2D eigenvalue weighted by Gasteiger charge is 2.44. The molecule has 4 aromatic rings. The first kappa shape index (κ1) is 31.0. The molecule has 4 heterocycles. The molecule has 1 aliphatic heterocycles. The fourth-order valence-electron chi connectivity index (χ4n) is 5.27. The van der Waals surface area contributed by atoms with E-state index < -0.39 is 24.3 Å². The Balaban J connectivity index is 1.44. The van der Waals surface area contributed by atoms with E-state index in [0.29, 0.717) is 27.8 Å². The maximum Gasteiger partial charge on any atom is 0.267 e. The molecule has 1 aromatic carbocycles. The van der Waals surface area contributed by atoms with E-state index in [1.807, 2.05) is 19.1 Å². The molecule has 224 valence electrons. The van der Waals surface area contributed by atoms with E-state index in [4.69, 9.17) is 0 Å². The molecule has 2 amide bonds. The lowest BCUT2D eigenvalue weighted by Crippen LogP contribution is -2.47. The van der Waals surface area contributed by atoms with Crippen molar-refractivity contribution < 1.29 is 23.2 Å². The molecule has 0 radical (unpaired) electrons. The van der Waals surface area contributed by atoms with Crippen LogP contribution in [0.25, 0.3) is 22.0 Å². The maximum atomic E-state index is 13.8. The maximum absolute atomic E-state index is 13.8. The molecular weight excluding hydrogens is 739 g/mol. The van der Waals surface area contributed by atoms with Gasteiger partial charge in [0.1, 0.15) is 34.5 Å². The molecule has 0 saturated carbocycles. The smallest absolute Gasteiger partial charge is 0.267 e. The van der Waals surface area contributed by atoms with Crippen LogP contribution in [-0.2, 0) is 16.1 Å². The van der Waals surface area contributed by atoms with Crippen molar-refractivity contribution in [2.24, 2.45) is 5.92 Å². The van der Waals surface area contributed by atoms with Gasteiger partial charge in [-0.05, 0) is 71.4 Å². The number of likely N-dealkylation sites (tertiary alicyclic amines) is 1. The van der Waals surface area contributed by atoms with Crippen LogP contribution in [0.5, 0.6) is 0 Å². The lowest BCUT2D eigenvalue weighted by Gasteiger charge is -2.27. The Kier molecular flexibility index (Phi) is 8.88. The van der Waals surface area contributed by atoms with Gasteiger partial charge in [0, 0.05) is 30.3 Å². The first-order valence-electron chi connectivity index (χ1n) is 13.4. The SMILES string of the molecule is CC(=O)c1nn(CC(=O)N2[C@H](I)[C@@H](C)C[C@H]2C(=O)Nc2nc(Br)cc(C)c2C(F)F)c2ccc(-c3cnc(C)nc3)cc12. The molecule has 5 rings (SSSR count). The minimum absolute atomic E-state index is 0.0477. The van der Waals surface area contributed by atoms with Crippen LogP contribution in [0.1, 0.15) is 54.1 Å². The van der Waals surface area contributed by atoms with Crippen LogP contribution in [0.4, 0.5) is 14.6 Å². The van der Waals surface area contributed by atoms with Crippen LogP contribution in [0, 0.1) is 19.8 Å². The van der Waals surface area contributed by atoms with Gasteiger partial charge in [0.25, 0.3) is 6.43 Å². The molecule has 1 fully saturated rings. The van der Waals surface area contributed by atoms with Crippen molar-refractivity contribution in [2.45, 2.75) is 57.2 Å². The van der Waals surface area contributed by atoms with Gasteiger partial charge in [-0.25, -0.2) is 23.7 Å². The van der Waals surface area contributed by atoms with Gasteiger partial charge in [0.05, 0.1) is 15.1 Å². The molecule has 1 aliphatic rings. The summed E-state index contributed by atoms with van der Waals surface area (Å²) in [5, 5.41) is 7.59. The van der Waals surface area contributed by atoms with Crippen molar-refractivity contribution in [3.05, 3.63) is 63.9 Å². The Hall–Kier alpha value is -3.40. The molecule has 3 aromatic heterocycles. The number of ketones is 1. The highest BCUT2D eigenvalue weighted by atomic mass is 127. The highest BCUT2D eigenvalue weighted by molar-refractivity contribution is 14.1. The zero-order valence-corrected chi connectivity index (χ0v) is 27.4. The zero-order chi connectivity index (χ0) is 31.2. The minimum Gasteiger partial charge on any atom is -0.317 e. The van der Waals surface area contributed by atoms with Crippen LogP contribution in [-0.4, -0.2) is 57.3 Å². The van der Waals surface area contributed by atoms with E-state index in [-0.39, 0.29) is 44.9 Å². The summed E-state index contributed by atoms with van der Waals surface area (Å²) in [7, 11) is 0. The predicted molar refractivity (Wildman–Crippen MR) is 168 cm³/mol. The summed E-state index contributed by atoms with van der Waals surface area (Å²) in [5.41, 5.74) is 2.24. The van der Waals surface area contributed by atoms with Crippen LogP contribution < -0.4 is 5.32 Å². The van der Waals surface area contributed by atoms with Gasteiger partial charge in [0.2, 0.25) is 11.8 Å². The minimum atomic E-state index is -2.85.